The third-order valence-corrected chi connectivity index (χ3v) is 10.8. The number of aliphatic hydroxyl groups is 1. The normalized spacial score (nSPS) is 26.4. The van der Waals surface area contributed by atoms with Crippen molar-refractivity contribution < 1.29 is 29.0 Å². The predicted octanol–water partition coefficient (Wildman–Crippen LogP) is 5.94. The van der Waals surface area contributed by atoms with E-state index in [1.54, 1.807) is 52.3 Å². The van der Waals surface area contributed by atoms with Gasteiger partial charge in [-0.05, 0) is 68.5 Å². The van der Waals surface area contributed by atoms with Gasteiger partial charge in [0, 0.05) is 23.6 Å². The standard InChI is InChI=1S/C37H45BrClN3O6/c1-7-17-40(24-13-15-26(16-14-24)47-9-3)34(44)29-30-35(45)42(25(21-43)19-22(4)5)33(37(30)20-27(38)32(29)48-37)36(46)41(18-8-2)31-23(6)11-10-12-28(31)39/h7-8,10-16,22,25,27,29-30,32-33,43H,1-2,9,17-21H2,3-6H3/t25-,27?,29+,30+,32+,33?,37?/m1/s1. The number of amides is 3. The number of carbonyl (C=O) groups excluding carboxylic acids is 3. The van der Waals surface area contributed by atoms with Crippen molar-refractivity contribution in [3.63, 3.8) is 0 Å². The van der Waals surface area contributed by atoms with Crippen molar-refractivity contribution in [2.75, 3.05) is 36.1 Å². The summed E-state index contributed by atoms with van der Waals surface area (Å²) in [6, 6.07) is 10.8. The highest BCUT2D eigenvalue weighted by molar-refractivity contribution is 9.09. The zero-order valence-corrected chi connectivity index (χ0v) is 30.3. The molecule has 3 amide bonds. The summed E-state index contributed by atoms with van der Waals surface area (Å²) >= 11 is 10.5. The number of hydrogen-bond acceptors (Lipinski definition) is 6. The van der Waals surface area contributed by atoms with Gasteiger partial charge in [0.2, 0.25) is 11.8 Å². The lowest BCUT2D eigenvalue weighted by molar-refractivity contribution is -0.144. The van der Waals surface area contributed by atoms with Crippen LogP contribution in [0.25, 0.3) is 0 Å². The zero-order chi connectivity index (χ0) is 34.9. The van der Waals surface area contributed by atoms with Crippen molar-refractivity contribution in [3.8, 4) is 5.75 Å². The van der Waals surface area contributed by atoms with E-state index in [9.17, 15) is 14.7 Å². The monoisotopic (exact) mass is 741 g/mol. The Labute approximate surface area is 296 Å². The van der Waals surface area contributed by atoms with Gasteiger partial charge in [0.25, 0.3) is 5.91 Å². The maximum absolute atomic E-state index is 15.1. The Hall–Kier alpha value is -3.18. The summed E-state index contributed by atoms with van der Waals surface area (Å²) in [6.07, 6.45) is 3.38. The number of hydrogen-bond donors (Lipinski definition) is 1. The van der Waals surface area contributed by atoms with Crippen LogP contribution in [0.5, 0.6) is 5.75 Å². The number of fused-ring (bicyclic) bond motifs is 1. The molecular formula is C37H45BrClN3O6. The number of nitrogens with zero attached hydrogens (tertiary/aromatic N) is 3. The van der Waals surface area contributed by atoms with E-state index in [4.69, 9.17) is 21.1 Å². The molecule has 3 saturated heterocycles. The van der Waals surface area contributed by atoms with Crippen LogP contribution in [0.15, 0.2) is 67.8 Å². The quantitative estimate of drug-likeness (QED) is 0.190. The van der Waals surface area contributed by atoms with Gasteiger partial charge < -0.3 is 29.3 Å². The summed E-state index contributed by atoms with van der Waals surface area (Å²) in [7, 11) is 0. The molecule has 3 unspecified atom stereocenters. The Kier molecular flexibility index (Phi) is 11.1. The number of halogens is 2. The maximum atomic E-state index is 15.1. The molecule has 2 aromatic carbocycles. The number of anilines is 2. The van der Waals surface area contributed by atoms with Crippen LogP contribution in [0.1, 0.15) is 39.2 Å². The molecule has 0 radical (unpaired) electrons. The average Bonchev–Trinajstić information content (AvgIpc) is 3.65. The second-order valence-corrected chi connectivity index (χ2v) is 14.8. The van der Waals surface area contributed by atoms with E-state index < -0.39 is 41.5 Å². The van der Waals surface area contributed by atoms with Crippen LogP contribution in [0, 0.1) is 24.7 Å². The molecule has 1 N–H and O–H groups in total. The summed E-state index contributed by atoms with van der Waals surface area (Å²) in [5, 5.41) is 11.1. The van der Waals surface area contributed by atoms with Gasteiger partial charge in [-0.25, -0.2) is 0 Å². The van der Waals surface area contributed by atoms with Crippen molar-refractivity contribution >= 4 is 56.6 Å². The second kappa shape index (κ2) is 14.7. The van der Waals surface area contributed by atoms with Gasteiger partial charge in [-0.3, -0.25) is 14.4 Å². The van der Waals surface area contributed by atoms with Crippen LogP contribution in [0.4, 0.5) is 11.4 Å². The topological polar surface area (TPSA) is 99.6 Å². The first kappa shape index (κ1) is 36.1. The number of benzene rings is 2. The molecule has 3 aliphatic heterocycles. The average molecular weight is 743 g/mol. The molecule has 0 aliphatic carbocycles. The first-order chi connectivity index (χ1) is 22.9. The highest BCUT2D eigenvalue weighted by Crippen LogP contribution is 2.61. The first-order valence-electron chi connectivity index (χ1n) is 16.5. The molecular weight excluding hydrogens is 698 g/mol. The summed E-state index contributed by atoms with van der Waals surface area (Å²) < 4.78 is 12.4. The minimum atomic E-state index is -1.33. The summed E-state index contributed by atoms with van der Waals surface area (Å²) in [4.78, 5) is 49.0. The maximum Gasteiger partial charge on any atom is 0.253 e. The van der Waals surface area contributed by atoms with Gasteiger partial charge in [0.1, 0.15) is 17.4 Å². The highest BCUT2D eigenvalue weighted by atomic mass is 79.9. The molecule has 1 spiro atoms. The van der Waals surface area contributed by atoms with E-state index in [0.717, 1.165) is 5.56 Å². The number of aliphatic hydroxyl groups excluding tert-OH is 1. The van der Waals surface area contributed by atoms with Crippen molar-refractivity contribution in [2.24, 2.45) is 17.8 Å². The molecule has 48 heavy (non-hydrogen) atoms. The van der Waals surface area contributed by atoms with E-state index in [1.807, 2.05) is 39.8 Å². The van der Waals surface area contributed by atoms with E-state index >= 15 is 4.79 Å². The lowest BCUT2D eigenvalue weighted by Crippen LogP contribution is -2.59. The van der Waals surface area contributed by atoms with Gasteiger partial charge in [0.15, 0.2) is 0 Å². The van der Waals surface area contributed by atoms with Crippen LogP contribution in [-0.2, 0) is 19.1 Å². The van der Waals surface area contributed by atoms with Crippen molar-refractivity contribution in [2.45, 2.75) is 69.2 Å². The predicted molar refractivity (Wildman–Crippen MR) is 192 cm³/mol. The summed E-state index contributed by atoms with van der Waals surface area (Å²) in [6.45, 7) is 16.1. The Balaban J connectivity index is 1.63. The number of rotatable bonds is 14. The Morgan fingerprint density at radius 3 is 2.40 bits per heavy atom. The minimum Gasteiger partial charge on any atom is -0.494 e. The summed E-state index contributed by atoms with van der Waals surface area (Å²) in [5.74, 6) is -2.12. The molecule has 0 aromatic heterocycles. The smallest absolute Gasteiger partial charge is 0.253 e. The van der Waals surface area contributed by atoms with Crippen molar-refractivity contribution in [3.05, 3.63) is 78.4 Å². The number of carbonyl (C=O) groups is 3. The van der Waals surface area contributed by atoms with Crippen molar-refractivity contribution in [1.82, 2.24) is 4.90 Å². The minimum absolute atomic E-state index is 0.111. The largest absolute Gasteiger partial charge is 0.494 e. The Morgan fingerprint density at radius 1 is 1.15 bits per heavy atom. The SMILES string of the molecule is C=CCN(C(=O)[C@H]1[C@H]2C(=O)N([C@@H](CO)CC(C)C)C(C(=O)N(CC=C)c3c(C)cccc3Cl)C23CC(Br)[C@@H]1O3)c1ccc(OCC)cc1. The van der Waals surface area contributed by atoms with Gasteiger partial charge in [-0.15, -0.1) is 13.2 Å². The van der Waals surface area contributed by atoms with Gasteiger partial charge >= 0.3 is 0 Å². The summed E-state index contributed by atoms with van der Waals surface area (Å²) in [5.41, 5.74) is 0.594. The Bertz CT molecular complexity index is 1530. The number of ether oxygens (including phenoxy) is 2. The molecule has 9 nitrogen and oxygen atoms in total. The molecule has 258 valence electrons. The molecule has 5 rings (SSSR count). The highest BCUT2D eigenvalue weighted by Gasteiger charge is 2.77. The van der Waals surface area contributed by atoms with E-state index in [0.29, 0.717) is 41.6 Å². The van der Waals surface area contributed by atoms with Gasteiger partial charge in [0.05, 0.1) is 47.9 Å². The number of alkyl halides is 1. The molecule has 3 heterocycles. The molecule has 2 aromatic rings. The molecule has 3 fully saturated rings. The lowest BCUT2D eigenvalue weighted by Gasteiger charge is -2.40. The molecule has 2 bridgehead atoms. The molecule has 11 heteroatoms. The molecule has 3 aliphatic rings. The molecule has 0 saturated carbocycles. The van der Waals surface area contributed by atoms with E-state index in [1.165, 1.54) is 4.90 Å². The third-order valence-electron chi connectivity index (χ3n) is 9.67. The van der Waals surface area contributed by atoms with Crippen LogP contribution in [-0.4, -0.2) is 82.6 Å². The zero-order valence-electron chi connectivity index (χ0n) is 28.0. The first-order valence-corrected chi connectivity index (χ1v) is 17.8. The second-order valence-electron chi connectivity index (χ2n) is 13.2. The lowest BCUT2D eigenvalue weighted by atomic mass is 9.70. The Morgan fingerprint density at radius 2 is 1.81 bits per heavy atom. The van der Waals surface area contributed by atoms with Crippen LogP contribution < -0.4 is 14.5 Å². The number of aryl methyl sites for hydroxylation is 1. The molecule has 7 atom stereocenters. The third kappa shape index (κ3) is 6.21. The van der Waals surface area contributed by atoms with Gasteiger partial charge in [-0.1, -0.05) is 65.7 Å². The van der Waals surface area contributed by atoms with Gasteiger partial charge in [-0.2, -0.15) is 0 Å². The fourth-order valence-electron chi connectivity index (χ4n) is 7.90. The fraction of sp³-hybridized carbons (Fsp3) is 0.486. The van der Waals surface area contributed by atoms with Crippen LogP contribution in [0.3, 0.4) is 0 Å². The van der Waals surface area contributed by atoms with Crippen molar-refractivity contribution in [1.29, 1.82) is 0 Å². The van der Waals surface area contributed by atoms with E-state index in [2.05, 4.69) is 29.1 Å². The van der Waals surface area contributed by atoms with Crippen LogP contribution >= 0.6 is 27.5 Å². The number of likely N-dealkylation sites (tertiary alicyclic amines) is 1. The van der Waals surface area contributed by atoms with E-state index in [-0.39, 0.29) is 42.3 Å². The fourth-order valence-corrected chi connectivity index (χ4v) is 9.16. The van der Waals surface area contributed by atoms with Crippen LogP contribution in [0.2, 0.25) is 5.02 Å². The number of para-hydroxylation sites is 1.